The zero-order chi connectivity index (χ0) is 16.3. The summed E-state index contributed by atoms with van der Waals surface area (Å²) < 4.78 is 0. The number of benzene rings is 1. The van der Waals surface area contributed by atoms with Crippen LogP contribution in [0.5, 0.6) is 0 Å². The molecule has 1 aliphatic heterocycles. The first-order valence-electron chi connectivity index (χ1n) is 6.46. The Morgan fingerprint density at radius 3 is 1.95 bits per heavy atom. The molecule has 0 atom stereocenters. The maximum absolute atomic E-state index is 12.2. The number of nitro groups is 1. The molecule has 0 spiro atoms. The van der Waals surface area contributed by atoms with Gasteiger partial charge in [-0.05, 0) is 12.1 Å². The van der Waals surface area contributed by atoms with Gasteiger partial charge in [-0.3, -0.25) is 19.7 Å². The lowest BCUT2D eigenvalue weighted by Crippen LogP contribution is -2.52. The Morgan fingerprint density at radius 2 is 1.50 bits per heavy atom. The zero-order valence-corrected chi connectivity index (χ0v) is 11.5. The van der Waals surface area contributed by atoms with E-state index in [1.54, 1.807) is 0 Å². The fraction of sp³-hybridized carbons (Fsp3) is 0.308. The number of piperazine rings is 1. The minimum absolute atomic E-state index is 0.103. The molecule has 2 rings (SSSR count). The van der Waals surface area contributed by atoms with Crippen molar-refractivity contribution in [3.8, 4) is 0 Å². The van der Waals surface area contributed by atoms with Gasteiger partial charge in [0.05, 0.1) is 4.92 Å². The highest BCUT2D eigenvalue weighted by Crippen LogP contribution is 2.14. The van der Waals surface area contributed by atoms with E-state index in [-0.39, 0.29) is 37.8 Å². The average Bonchev–Trinajstić information content (AvgIpc) is 2.53. The summed E-state index contributed by atoms with van der Waals surface area (Å²) in [7, 11) is 0. The molecule has 0 saturated carbocycles. The number of carboxylic acids is 1. The molecule has 0 bridgehead atoms. The van der Waals surface area contributed by atoms with E-state index in [2.05, 4.69) is 0 Å². The largest absolute Gasteiger partial charge is 0.474 e. The first kappa shape index (κ1) is 15.4. The van der Waals surface area contributed by atoms with E-state index in [1.165, 1.54) is 34.1 Å². The second-order valence-electron chi connectivity index (χ2n) is 4.69. The standard InChI is InChI=1S/C13H13N3O6/c17-11(9-1-3-10(4-2-9)16(21)22)14-5-7-15(8-6-14)12(18)13(19)20/h1-4H,5-8H2,(H,19,20). The molecule has 1 heterocycles. The van der Waals surface area contributed by atoms with Gasteiger partial charge in [-0.2, -0.15) is 0 Å². The number of rotatable bonds is 2. The summed E-state index contributed by atoms with van der Waals surface area (Å²) in [6, 6.07) is 5.24. The molecule has 1 saturated heterocycles. The van der Waals surface area contributed by atoms with E-state index in [0.717, 1.165) is 0 Å². The number of nitrogens with zero attached hydrogens (tertiary/aromatic N) is 3. The highest BCUT2D eigenvalue weighted by Gasteiger charge is 2.28. The Bertz CT molecular complexity index is 619. The van der Waals surface area contributed by atoms with Gasteiger partial charge in [-0.15, -0.1) is 0 Å². The summed E-state index contributed by atoms with van der Waals surface area (Å²) in [4.78, 5) is 46.8. The van der Waals surface area contributed by atoms with Crippen LogP contribution in [0, 0.1) is 10.1 Å². The molecular weight excluding hydrogens is 294 g/mol. The van der Waals surface area contributed by atoms with E-state index >= 15 is 0 Å². The summed E-state index contributed by atoms with van der Waals surface area (Å²) in [5.41, 5.74) is 0.206. The number of carbonyl (C=O) groups is 3. The van der Waals surface area contributed by atoms with Crippen LogP contribution >= 0.6 is 0 Å². The van der Waals surface area contributed by atoms with Crippen molar-refractivity contribution in [2.75, 3.05) is 26.2 Å². The van der Waals surface area contributed by atoms with Gasteiger partial charge >= 0.3 is 11.9 Å². The molecule has 0 aromatic heterocycles. The molecule has 1 N–H and O–H groups in total. The van der Waals surface area contributed by atoms with Gasteiger partial charge in [0.15, 0.2) is 0 Å². The van der Waals surface area contributed by atoms with Crippen molar-refractivity contribution < 1.29 is 24.4 Å². The van der Waals surface area contributed by atoms with E-state index < -0.39 is 16.8 Å². The number of carboxylic acid groups (broad SMARTS) is 1. The van der Waals surface area contributed by atoms with Gasteiger partial charge in [0.25, 0.3) is 11.6 Å². The summed E-state index contributed by atoms with van der Waals surface area (Å²) in [6.45, 7) is 0.720. The quantitative estimate of drug-likeness (QED) is 0.465. The van der Waals surface area contributed by atoms with Crippen LogP contribution < -0.4 is 0 Å². The van der Waals surface area contributed by atoms with Gasteiger partial charge < -0.3 is 14.9 Å². The van der Waals surface area contributed by atoms with Gasteiger partial charge in [-0.25, -0.2) is 4.79 Å². The van der Waals surface area contributed by atoms with Gasteiger partial charge in [-0.1, -0.05) is 0 Å². The molecule has 9 nitrogen and oxygen atoms in total. The van der Waals surface area contributed by atoms with Crippen LogP contribution in [0.2, 0.25) is 0 Å². The molecule has 1 aromatic rings. The third-order valence-electron chi connectivity index (χ3n) is 3.36. The molecule has 116 valence electrons. The highest BCUT2D eigenvalue weighted by atomic mass is 16.6. The summed E-state index contributed by atoms with van der Waals surface area (Å²) in [6.07, 6.45) is 0. The van der Waals surface area contributed by atoms with Crippen molar-refractivity contribution in [2.24, 2.45) is 0 Å². The molecule has 0 aliphatic carbocycles. The molecule has 9 heteroatoms. The van der Waals surface area contributed by atoms with Crippen LogP contribution in [0.4, 0.5) is 5.69 Å². The monoisotopic (exact) mass is 307 g/mol. The van der Waals surface area contributed by atoms with Crippen molar-refractivity contribution in [1.29, 1.82) is 0 Å². The topological polar surface area (TPSA) is 121 Å². The average molecular weight is 307 g/mol. The lowest BCUT2D eigenvalue weighted by atomic mass is 10.1. The Morgan fingerprint density at radius 1 is 1.00 bits per heavy atom. The summed E-state index contributed by atoms with van der Waals surface area (Å²) in [5, 5.41) is 19.2. The Kier molecular flexibility index (Phi) is 4.35. The van der Waals surface area contributed by atoms with E-state index in [4.69, 9.17) is 5.11 Å². The number of hydrogen-bond donors (Lipinski definition) is 1. The second kappa shape index (κ2) is 6.20. The van der Waals surface area contributed by atoms with Crippen molar-refractivity contribution in [2.45, 2.75) is 0 Å². The SMILES string of the molecule is O=C(O)C(=O)N1CCN(C(=O)c2ccc([N+](=O)[O-])cc2)CC1. The number of hydrogen-bond acceptors (Lipinski definition) is 5. The third-order valence-corrected chi connectivity index (χ3v) is 3.36. The van der Waals surface area contributed by atoms with Gasteiger partial charge in [0.1, 0.15) is 0 Å². The molecular formula is C13H13N3O6. The smallest absolute Gasteiger partial charge is 0.394 e. The molecule has 22 heavy (non-hydrogen) atoms. The van der Waals surface area contributed by atoms with Crippen LogP contribution in [0.15, 0.2) is 24.3 Å². The van der Waals surface area contributed by atoms with Crippen LogP contribution in [0.25, 0.3) is 0 Å². The van der Waals surface area contributed by atoms with Crippen LogP contribution in [0.1, 0.15) is 10.4 Å². The summed E-state index contributed by atoms with van der Waals surface area (Å²) in [5.74, 6) is -2.81. The second-order valence-corrected chi connectivity index (χ2v) is 4.69. The van der Waals surface area contributed by atoms with Crippen LogP contribution in [-0.2, 0) is 9.59 Å². The third kappa shape index (κ3) is 3.19. The Labute approximate surface area is 124 Å². The Balaban J connectivity index is 1.99. The van der Waals surface area contributed by atoms with Crippen molar-refractivity contribution >= 4 is 23.5 Å². The first-order chi connectivity index (χ1) is 10.4. The number of amides is 2. The Hall–Kier alpha value is -2.97. The predicted molar refractivity (Wildman–Crippen MR) is 73.2 cm³/mol. The number of nitro benzene ring substituents is 1. The van der Waals surface area contributed by atoms with E-state index in [1.807, 2.05) is 0 Å². The molecule has 0 unspecified atom stereocenters. The van der Waals surface area contributed by atoms with Gasteiger partial charge in [0, 0.05) is 43.9 Å². The highest BCUT2D eigenvalue weighted by molar-refractivity contribution is 6.31. The maximum Gasteiger partial charge on any atom is 0.394 e. The normalized spacial score (nSPS) is 14.5. The lowest BCUT2D eigenvalue weighted by molar-refractivity contribution is -0.384. The number of carbonyl (C=O) groups excluding carboxylic acids is 2. The first-order valence-corrected chi connectivity index (χ1v) is 6.46. The fourth-order valence-electron chi connectivity index (χ4n) is 2.16. The molecule has 1 fully saturated rings. The molecule has 2 amide bonds. The maximum atomic E-state index is 12.2. The van der Waals surface area contributed by atoms with Crippen LogP contribution in [0.3, 0.4) is 0 Å². The van der Waals surface area contributed by atoms with Crippen molar-refractivity contribution in [1.82, 2.24) is 9.80 Å². The van der Waals surface area contributed by atoms with Crippen molar-refractivity contribution in [3.05, 3.63) is 39.9 Å². The minimum Gasteiger partial charge on any atom is -0.474 e. The minimum atomic E-state index is -1.52. The molecule has 0 radical (unpaired) electrons. The predicted octanol–water partition coefficient (Wildman–Crippen LogP) is -0.0362. The molecule has 1 aliphatic rings. The zero-order valence-electron chi connectivity index (χ0n) is 11.5. The number of aliphatic carboxylic acids is 1. The number of non-ortho nitro benzene ring substituents is 1. The van der Waals surface area contributed by atoms with Gasteiger partial charge in [0.2, 0.25) is 0 Å². The molecule has 1 aromatic carbocycles. The van der Waals surface area contributed by atoms with Crippen molar-refractivity contribution in [3.63, 3.8) is 0 Å². The van der Waals surface area contributed by atoms with Crippen LogP contribution in [-0.4, -0.2) is 63.8 Å². The fourth-order valence-corrected chi connectivity index (χ4v) is 2.16. The van der Waals surface area contributed by atoms with E-state index in [9.17, 15) is 24.5 Å². The summed E-state index contributed by atoms with van der Waals surface area (Å²) >= 11 is 0. The lowest BCUT2D eigenvalue weighted by Gasteiger charge is -2.33. The van der Waals surface area contributed by atoms with E-state index in [0.29, 0.717) is 5.56 Å².